The summed E-state index contributed by atoms with van der Waals surface area (Å²) in [4.78, 5) is 14.1. The maximum atomic E-state index is 5.59. The molecule has 0 radical (unpaired) electrons. The Bertz CT molecular complexity index is 953. The van der Waals surface area contributed by atoms with Gasteiger partial charge in [0.25, 0.3) is 0 Å². The molecule has 0 saturated heterocycles. The molecule has 0 aliphatic carbocycles. The summed E-state index contributed by atoms with van der Waals surface area (Å²) in [5, 5.41) is 3.43. The van der Waals surface area contributed by atoms with Crippen LogP contribution in [0.3, 0.4) is 0 Å². The Morgan fingerprint density at radius 2 is 1.96 bits per heavy atom. The summed E-state index contributed by atoms with van der Waals surface area (Å²) in [7, 11) is 3.31. The Hall–Kier alpha value is -3.22. The van der Waals surface area contributed by atoms with Gasteiger partial charge in [0.15, 0.2) is 0 Å². The molecule has 0 fully saturated rings. The van der Waals surface area contributed by atoms with E-state index < -0.39 is 0 Å². The van der Waals surface area contributed by atoms with Gasteiger partial charge in [-0.2, -0.15) is 0 Å². The van der Waals surface area contributed by atoms with E-state index in [9.17, 15) is 0 Å². The number of para-hydroxylation sites is 2. The van der Waals surface area contributed by atoms with Gasteiger partial charge in [0.1, 0.15) is 23.0 Å². The van der Waals surface area contributed by atoms with Crippen LogP contribution in [0.1, 0.15) is 5.56 Å². The number of aliphatic imine (C=N–C) groups is 2. The van der Waals surface area contributed by atoms with Crippen LogP contribution in [-0.4, -0.2) is 50.7 Å². The maximum absolute atomic E-state index is 5.59. The normalized spacial score (nSPS) is 17.0. The zero-order valence-corrected chi connectivity index (χ0v) is 14.7. The average Bonchev–Trinajstić information content (AvgIpc) is 3.34. The third kappa shape index (κ3) is 2.06. The lowest BCUT2D eigenvalue weighted by molar-refractivity contribution is 0.394. The predicted octanol–water partition coefficient (Wildman–Crippen LogP) is 2.66. The molecule has 7 nitrogen and oxygen atoms in total. The molecule has 132 valence electrons. The Morgan fingerprint density at radius 3 is 2.81 bits per heavy atom. The van der Waals surface area contributed by atoms with E-state index in [0.717, 1.165) is 53.3 Å². The number of guanidine groups is 1. The Balaban J connectivity index is 1.69. The second-order valence-electron chi connectivity index (χ2n) is 6.27. The van der Waals surface area contributed by atoms with Crippen molar-refractivity contribution < 1.29 is 9.47 Å². The van der Waals surface area contributed by atoms with Crippen LogP contribution >= 0.6 is 0 Å². The average molecular weight is 349 g/mol. The molecule has 7 heteroatoms. The summed E-state index contributed by atoms with van der Waals surface area (Å²) in [5.74, 6) is 3.22. The van der Waals surface area contributed by atoms with E-state index in [0.29, 0.717) is 12.4 Å². The molecule has 0 saturated carbocycles. The number of nitrogens with one attached hydrogen (secondary N) is 1. The van der Waals surface area contributed by atoms with Crippen LogP contribution in [0.4, 0.5) is 17.1 Å². The fourth-order valence-electron chi connectivity index (χ4n) is 3.67. The summed E-state index contributed by atoms with van der Waals surface area (Å²) in [6, 6.07) is 12.1. The van der Waals surface area contributed by atoms with Crippen LogP contribution in [0.15, 0.2) is 46.4 Å². The van der Waals surface area contributed by atoms with Gasteiger partial charge in [-0.3, -0.25) is 14.8 Å². The van der Waals surface area contributed by atoms with Crippen molar-refractivity contribution in [3.05, 3.63) is 42.0 Å². The van der Waals surface area contributed by atoms with Crippen LogP contribution in [0.5, 0.6) is 11.5 Å². The second-order valence-corrected chi connectivity index (χ2v) is 6.27. The largest absolute Gasteiger partial charge is 0.497 e. The molecule has 3 aliphatic heterocycles. The van der Waals surface area contributed by atoms with Crippen LogP contribution in [-0.2, 0) is 0 Å². The number of methoxy groups -OCH3 is 2. The molecule has 0 amide bonds. The lowest BCUT2D eigenvalue weighted by atomic mass is 10.1. The van der Waals surface area contributed by atoms with Crippen molar-refractivity contribution in [2.45, 2.75) is 0 Å². The topological polar surface area (TPSA) is 61.7 Å². The molecule has 0 aromatic heterocycles. The van der Waals surface area contributed by atoms with E-state index in [1.54, 1.807) is 14.2 Å². The highest BCUT2D eigenvalue weighted by Crippen LogP contribution is 2.42. The molecular formula is C19H19N5O2. The first-order chi connectivity index (χ1) is 12.8. The molecular weight excluding hydrogens is 330 g/mol. The van der Waals surface area contributed by atoms with Crippen molar-refractivity contribution in [1.29, 1.82) is 0 Å². The van der Waals surface area contributed by atoms with E-state index in [1.807, 2.05) is 24.3 Å². The number of fused-ring (bicyclic) bond motifs is 4. The van der Waals surface area contributed by atoms with Gasteiger partial charge in [0, 0.05) is 12.6 Å². The summed E-state index contributed by atoms with van der Waals surface area (Å²) in [6.45, 7) is 2.23. The minimum absolute atomic E-state index is 0.676. The molecule has 1 N–H and O–H groups in total. The smallest absolute Gasteiger partial charge is 0.213 e. The third-order valence-corrected chi connectivity index (χ3v) is 4.90. The van der Waals surface area contributed by atoms with Crippen molar-refractivity contribution in [1.82, 2.24) is 4.90 Å². The number of ether oxygens (including phenoxy) is 2. The van der Waals surface area contributed by atoms with Gasteiger partial charge in [0.05, 0.1) is 44.4 Å². The lowest BCUT2D eigenvalue weighted by Crippen LogP contribution is -2.48. The number of nitrogens with zero attached hydrogens (tertiary/aromatic N) is 4. The fraction of sp³-hybridized carbons (Fsp3) is 0.263. The van der Waals surface area contributed by atoms with E-state index in [2.05, 4.69) is 27.2 Å². The number of hydrogen-bond acceptors (Lipinski definition) is 7. The van der Waals surface area contributed by atoms with Gasteiger partial charge in [0.2, 0.25) is 5.96 Å². The molecule has 5 rings (SSSR count). The minimum Gasteiger partial charge on any atom is -0.497 e. The van der Waals surface area contributed by atoms with Crippen LogP contribution in [0.2, 0.25) is 0 Å². The molecule has 0 spiro atoms. The van der Waals surface area contributed by atoms with E-state index in [1.165, 1.54) is 0 Å². The first-order valence-corrected chi connectivity index (χ1v) is 8.57. The van der Waals surface area contributed by atoms with Crippen LogP contribution in [0, 0.1) is 0 Å². The third-order valence-electron chi connectivity index (χ3n) is 4.90. The summed E-state index contributed by atoms with van der Waals surface area (Å²) < 4.78 is 11.0. The number of hydrogen-bond donors (Lipinski definition) is 1. The second kappa shape index (κ2) is 5.66. The monoisotopic (exact) mass is 349 g/mol. The number of rotatable bonds is 2. The number of benzene rings is 2. The predicted molar refractivity (Wildman–Crippen MR) is 102 cm³/mol. The molecule has 2 aromatic rings. The van der Waals surface area contributed by atoms with Crippen LogP contribution < -0.4 is 19.7 Å². The summed E-state index contributed by atoms with van der Waals surface area (Å²) in [6.07, 6.45) is 0. The first kappa shape index (κ1) is 15.1. The number of amidine groups is 1. The Labute approximate surface area is 151 Å². The molecule has 0 atom stereocenters. The maximum Gasteiger partial charge on any atom is 0.213 e. The SMILES string of the molecule is COc1cc(OC)c2c(c1)C1=NCCN1C(N1CNc3ccccc31)=N2. The van der Waals surface area contributed by atoms with Gasteiger partial charge < -0.3 is 14.8 Å². The van der Waals surface area contributed by atoms with Gasteiger partial charge in [-0.05, 0) is 18.2 Å². The van der Waals surface area contributed by atoms with Gasteiger partial charge in [-0.15, -0.1) is 0 Å². The molecule has 3 heterocycles. The van der Waals surface area contributed by atoms with Crippen molar-refractivity contribution in [3.63, 3.8) is 0 Å². The van der Waals surface area contributed by atoms with Crippen LogP contribution in [0.25, 0.3) is 0 Å². The van der Waals surface area contributed by atoms with Crippen molar-refractivity contribution in [2.75, 3.05) is 44.2 Å². The van der Waals surface area contributed by atoms with E-state index in [4.69, 9.17) is 19.5 Å². The molecule has 2 aromatic carbocycles. The van der Waals surface area contributed by atoms with Crippen molar-refractivity contribution in [3.8, 4) is 11.5 Å². The zero-order chi connectivity index (χ0) is 17.7. The molecule has 0 unspecified atom stereocenters. The summed E-state index contributed by atoms with van der Waals surface area (Å²) in [5.41, 5.74) is 3.97. The van der Waals surface area contributed by atoms with Gasteiger partial charge in [-0.25, -0.2) is 4.99 Å². The molecule has 26 heavy (non-hydrogen) atoms. The Kier molecular flexibility index (Phi) is 3.28. The minimum atomic E-state index is 0.676. The van der Waals surface area contributed by atoms with Gasteiger partial charge >= 0.3 is 0 Å². The zero-order valence-electron chi connectivity index (χ0n) is 14.7. The lowest BCUT2D eigenvalue weighted by Gasteiger charge is -2.33. The fourth-order valence-corrected chi connectivity index (χ4v) is 3.67. The molecule has 0 bridgehead atoms. The van der Waals surface area contributed by atoms with E-state index >= 15 is 0 Å². The van der Waals surface area contributed by atoms with E-state index in [-0.39, 0.29) is 0 Å². The number of anilines is 2. The molecule has 3 aliphatic rings. The van der Waals surface area contributed by atoms with Gasteiger partial charge in [-0.1, -0.05) is 12.1 Å². The first-order valence-electron chi connectivity index (χ1n) is 8.57. The standard InChI is InChI=1S/C19H19N5O2/c1-25-12-9-13-17(16(10-12)26-2)22-19(23-8-7-20-18(13)23)24-11-21-14-5-3-4-6-15(14)24/h3-6,9-10,21H,7-8,11H2,1-2H3. The highest BCUT2D eigenvalue weighted by molar-refractivity contribution is 6.20. The summed E-state index contributed by atoms with van der Waals surface area (Å²) >= 11 is 0. The van der Waals surface area contributed by atoms with Crippen molar-refractivity contribution in [2.24, 2.45) is 9.98 Å². The Morgan fingerprint density at radius 1 is 1.08 bits per heavy atom. The van der Waals surface area contributed by atoms with Crippen molar-refractivity contribution >= 4 is 28.9 Å². The highest BCUT2D eigenvalue weighted by Gasteiger charge is 2.36. The highest BCUT2D eigenvalue weighted by atomic mass is 16.5. The quantitative estimate of drug-likeness (QED) is 0.903.